The fourth-order valence-corrected chi connectivity index (χ4v) is 2.72. The number of primary amides is 1. The van der Waals surface area contributed by atoms with Crippen molar-refractivity contribution in [1.82, 2.24) is 19.4 Å². The van der Waals surface area contributed by atoms with Gasteiger partial charge in [-0.25, -0.2) is 4.98 Å². The van der Waals surface area contributed by atoms with Gasteiger partial charge < -0.3 is 5.73 Å². The van der Waals surface area contributed by atoms with Gasteiger partial charge in [-0.05, 0) is 6.42 Å². The minimum Gasteiger partial charge on any atom is -0.368 e. The maximum Gasteiger partial charge on any atom is 0.319 e. The fourth-order valence-electron chi connectivity index (χ4n) is 2.72. The van der Waals surface area contributed by atoms with Crippen LogP contribution in [0.5, 0.6) is 0 Å². The Morgan fingerprint density at radius 1 is 1.38 bits per heavy atom. The summed E-state index contributed by atoms with van der Waals surface area (Å²) in [5.41, 5.74) is 5.38. The third-order valence-corrected chi connectivity index (χ3v) is 3.89. The van der Waals surface area contributed by atoms with Crippen molar-refractivity contribution in [3.8, 4) is 0 Å². The molecule has 6 nitrogen and oxygen atoms in total. The number of nitrogens with two attached hydrogens (primary N) is 1. The first-order chi connectivity index (χ1) is 10.0. The lowest BCUT2D eigenvalue weighted by molar-refractivity contribution is -0.124. The summed E-state index contributed by atoms with van der Waals surface area (Å²) in [5, 5.41) is 0. The molecule has 1 aliphatic heterocycles. The number of hydrogen-bond donors (Lipinski definition) is 1. The molecule has 21 heavy (non-hydrogen) atoms. The van der Waals surface area contributed by atoms with Crippen LogP contribution in [0.4, 0.5) is 8.78 Å². The fraction of sp³-hybridized carbons (Fsp3) is 0.692. The van der Waals surface area contributed by atoms with Crippen LogP contribution in [0.1, 0.15) is 25.7 Å². The summed E-state index contributed by atoms with van der Waals surface area (Å²) in [6, 6.07) is -0.241. The molecule has 0 spiro atoms. The van der Waals surface area contributed by atoms with Crippen molar-refractivity contribution < 1.29 is 13.6 Å². The maximum absolute atomic E-state index is 12.8. The topological polar surface area (TPSA) is 67.4 Å². The average Bonchev–Trinajstić information content (AvgIpc) is 2.89. The molecule has 1 amide bonds. The van der Waals surface area contributed by atoms with Gasteiger partial charge in [0, 0.05) is 38.6 Å². The number of aromatic nitrogens is 2. The summed E-state index contributed by atoms with van der Waals surface area (Å²) in [7, 11) is 0. The van der Waals surface area contributed by atoms with Crippen molar-refractivity contribution in [3.63, 3.8) is 0 Å². The van der Waals surface area contributed by atoms with Crippen LogP contribution < -0.4 is 5.73 Å². The molecule has 0 aliphatic carbocycles. The predicted octanol–water partition coefficient (Wildman–Crippen LogP) is 0.660. The van der Waals surface area contributed by atoms with Crippen molar-refractivity contribution in [3.05, 3.63) is 18.2 Å². The van der Waals surface area contributed by atoms with Gasteiger partial charge in [-0.1, -0.05) is 6.92 Å². The molecule has 1 saturated heterocycles. The van der Waals surface area contributed by atoms with Crippen molar-refractivity contribution >= 4 is 5.91 Å². The number of nitrogens with zero attached hydrogens (tertiary/aromatic N) is 4. The van der Waals surface area contributed by atoms with E-state index in [0.717, 1.165) is 4.57 Å². The third kappa shape index (κ3) is 3.76. The van der Waals surface area contributed by atoms with E-state index in [1.807, 2.05) is 6.92 Å². The molecular weight excluding hydrogens is 280 g/mol. The van der Waals surface area contributed by atoms with Crippen LogP contribution in [-0.2, 0) is 11.3 Å². The van der Waals surface area contributed by atoms with E-state index in [-0.39, 0.29) is 11.9 Å². The number of halogens is 2. The SMILES string of the molecule is CC[C@H](C(N)=O)N1CCN(Cc2nccn2C(F)F)CC1. The van der Waals surface area contributed by atoms with Crippen molar-refractivity contribution in [1.29, 1.82) is 0 Å². The lowest BCUT2D eigenvalue weighted by Gasteiger charge is -2.37. The Morgan fingerprint density at radius 3 is 2.57 bits per heavy atom. The van der Waals surface area contributed by atoms with Gasteiger partial charge in [0.2, 0.25) is 5.91 Å². The first-order valence-corrected chi connectivity index (χ1v) is 7.08. The number of carbonyl (C=O) groups is 1. The van der Waals surface area contributed by atoms with Crippen LogP contribution >= 0.6 is 0 Å². The highest BCUT2D eigenvalue weighted by Gasteiger charge is 2.26. The van der Waals surface area contributed by atoms with E-state index in [1.54, 1.807) is 0 Å². The Labute approximate surface area is 122 Å². The Balaban J connectivity index is 1.89. The molecule has 0 radical (unpaired) electrons. The molecular formula is C13H21F2N5O. The number of amides is 1. The lowest BCUT2D eigenvalue weighted by Crippen LogP contribution is -2.53. The van der Waals surface area contributed by atoms with E-state index < -0.39 is 6.55 Å². The van der Waals surface area contributed by atoms with Crippen LogP contribution in [0.3, 0.4) is 0 Å². The number of alkyl halides is 2. The molecule has 1 aliphatic rings. The smallest absolute Gasteiger partial charge is 0.319 e. The minimum atomic E-state index is -2.57. The summed E-state index contributed by atoms with van der Waals surface area (Å²) in [6.07, 6.45) is 3.36. The van der Waals surface area contributed by atoms with Gasteiger partial charge in [0.15, 0.2) is 0 Å². The Morgan fingerprint density at radius 2 is 2.05 bits per heavy atom. The zero-order valence-corrected chi connectivity index (χ0v) is 12.1. The number of carbonyl (C=O) groups excluding carboxylic acids is 1. The van der Waals surface area contributed by atoms with Crippen LogP contribution in [0, 0.1) is 0 Å². The highest BCUT2D eigenvalue weighted by Crippen LogP contribution is 2.16. The first kappa shape index (κ1) is 15.8. The van der Waals surface area contributed by atoms with Crippen molar-refractivity contribution in [2.45, 2.75) is 32.5 Å². The van der Waals surface area contributed by atoms with Crippen molar-refractivity contribution in [2.24, 2.45) is 5.73 Å². The lowest BCUT2D eigenvalue weighted by atomic mass is 10.1. The molecule has 1 fully saturated rings. The maximum atomic E-state index is 12.8. The Hall–Kier alpha value is -1.54. The molecule has 1 aromatic rings. The monoisotopic (exact) mass is 301 g/mol. The van der Waals surface area contributed by atoms with E-state index in [4.69, 9.17) is 5.73 Å². The average molecular weight is 301 g/mol. The molecule has 2 N–H and O–H groups in total. The first-order valence-electron chi connectivity index (χ1n) is 7.08. The van der Waals surface area contributed by atoms with Gasteiger partial charge in [0.05, 0.1) is 12.6 Å². The van der Waals surface area contributed by atoms with Gasteiger partial charge in [-0.3, -0.25) is 19.2 Å². The molecule has 0 unspecified atom stereocenters. The Kier molecular flexibility index (Phi) is 5.24. The molecule has 8 heteroatoms. The molecule has 0 bridgehead atoms. The van der Waals surface area contributed by atoms with E-state index in [9.17, 15) is 13.6 Å². The van der Waals surface area contributed by atoms with Gasteiger partial charge in [0.1, 0.15) is 5.82 Å². The Bertz CT molecular complexity index is 471. The van der Waals surface area contributed by atoms with Crippen LogP contribution in [0.25, 0.3) is 0 Å². The molecule has 0 aromatic carbocycles. The van der Waals surface area contributed by atoms with E-state index in [0.29, 0.717) is 45.0 Å². The summed E-state index contributed by atoms with van der Waals surface area (Å²) in [4.78, 5) is 19.5. The van der Waals surface area contributed by atoms with Gasteiger partial charge in [0.25, 0.3) is 0 Å². The highest BCUT2D eigenvalue weighted by molar-refractivity contribution is 5.79. The number of hydrogen-bond acceptors (Lipinski definition) is 4. The zero-order valence-electron chi connectivity index (χ0n) is 12.1. The number of imidazole rings is 1. The summed E-state index contributed by atoms with van der Waals surface area (Å²) < 4.78 is 26.4. The minimum absolute atomic E-state index is 0.241. The zero-order chi connectivity index (χ0) is 15.4. The molecule has 118 valence electrons. The van der Waals surface area contributed by atoms with E-state index in [2.05, 4.69) is 14.8 Å². The highest BCUT2D eigenvalue weighted by atomic mass is 19.3. The molecule has 0 saturated carbocycles. The van der Waals surface area contributed by atoms with E-state index in [1.165, 1.54) is 12.4 Å². The predicted molar refractivity (Wildman–Crippen MR) is 73.6 cm³/mol. The second-order valence-corrected chi connectivity index (χ2v) is 5.17. The number of piperazine rings is 1. The largest absolute Gasteiger partial charge is 0.368 e. The second kappa shape index (κ2) is 6.95. The van der Waals surface area contributed by atoms with Crippen LogP contribution in [0.15, 0.2) is 12.4 Å². The molecule has 2 rings (SSSR count). The summed E-state index contributed by atoms with van der Waals surface area (Å²) >= 11 is 0. The molecule has 1 aromatic heterocycles. The standard InChI is InChI=1S/C13H21F2N5O/c1-2-10(12(16)21)19-7-5-18(6-8-19)9-11-17-3-4-20(11)13(14)15/h3-4,10,13H,2,5-9H2,1H3,(H2,16,21)/t10-/m1/s1. The van der Waals surface area contributed by atoms with Gasteiger partial charge in [-0.2, -0.15) is 8.78 Å². The molecule has 1 atom stereocenters. The summed E-state index contributed by atoms with van der Waals surface area (Å²) in [6.45, 7) is 2.58. The van der Waals surface area contributed by atoms with Crippen LogP contribution in [-0.4, -0.2) is 57.5 Å². The van der Waals surface area contributed by atoms with Gasteiger partial charge >= 0.3 is 6.55 Å². The van der Waals surface area contributed by atoms with E-state index >= 15 is 0 Å². The van der Waals surface area contributed by atoms with Gasteiger partial charge in [-0.15, -0.1) is 0 Å². The molecule has 2 heterocycles. The van der Waals surface area contributed by atoms with Crippen molar-refractivity contribution in [2.75, 3.05) is 26.2 Å². The normalized spacial score (nSPS) is 19.0. The number of rotatable bonds is 6. The van der Waals surface area contributed by atoms with Crippen LogP contribution in [0.2, 0.25) is 0 Å². The second-order valence-electron chi connectivity index (χ2n) is 5.17. The summed E-state index contributed by atoms with van der Waals surface area (Å²) in [5.74, 6) is 0.0552. The quantitative estimate of drug-likeness (QED) is 0.838. The third-order valence-electron chi connectivity index (χ3n) is 3.89.